The number of nitrogens with zero attached hydrogens (tertiary/aromatic N) is 1. The summed E-state index contributed by atoms with van der Waals surface area (Å²) in [7, 11) is 0. The number of amides is 3. The minimum atomic E-state index is -0.689. The molecule has 1 N–H and O–H groups in total. The van der Waals surface area contributed by atoms with Gasteiger partial charge in [0.25, 0.3) is 0 Å². The average molecular weight is 185 g/mol. The van der Waals surface area contributed by atoms with Crippen molar-refractivity contribution < 1.29 is 19.5 Å². The number of hydrogen-bond donors (Lipinski definition) is 1. The van der Waals surface area contributed by atoms with E-state index in [-0.39, 0.29) is 19.4 Å². The predicted octanol–water partition coefficient (Wildman–Crippen LogP) is -0.710. The highest BCUT2D eigenvalue weighted by Crippen LogP contribution is 2.14. The van der Waals surface area contributed by atoms with Crippen molar-refractivity contribution in [3.05, 3.63) is 0 Å². The third-order valence-electron chi connectivity index (χ3n) is 1.97. The monoisotopic (exact) mass is 185 g/mol. The third-order valence-corrected chi connectivity index (χ3v) is 1.97. The first-order valence-corrected chi connectivity index (χ1v) is 4.08. The van der Waals surface area contributed by atoms with Gasteiger partial charge in [-0.2, -0.15) is 0 Å². The van der Waals surface area contributed by atoms with E-state index >= 15 is 0 Å². The van der Waals surface area contributed by atoms with E-state index in [9.17, 15) is 14.4 Å². The number of aliphatic hydroxyl groups excluding tert-OH is 1. The molecule has 0 radical (unpaired) electrons. The van der Waals surface area contributed by atoms with Gasteiger partial charge >= 0.3 is 0 Å². The van der Waals surface area contributed by atoms with Crippen molar-refractivity contribution >= 4 is 17.7 Å². The fourth-order valence-corrected chi connectivity index (χ4v) is 1.12. The molecule has 0 aromatic carbocycles. The summed E-state index contributed by atoms with van der Waals surface area (Å²) in [6.07, 6.45) is 0.200. The molecule has 0 aromatic heterocycles. The van der Waals surface area contributed by atoms with Gasteiger partial charge in [0.2, 0.25) is 17.7 Å². The van der Waals surface area contributed by atoms with Crippen LogP contribution < -0.4 is 0 Å². The normalized spacial score (nSPS) is 19.4. The number of hydrogen-bond acceptors (Lipinski definition) is 4. The Bertz CT molecular complexity index is 245. The Hall–Kier alpha value is -1.23. The molecule has 1 aliphatic heterocycles. The topological polar surface area (TPSA) is 74.7 Å². The van der Waals surface area contributed by atoms with E-state index in [1.807, 2.05) is 0 Å². The van der Waals surface area contributed by atoms with Crippen molar-refractivity contribution in [2.24, 2.45) is 5.92 Å². The van der Waals surface area contributed by atoms with Gasteiger partial charge in [0.1, 0.15) is 0 Å². The Balaban J connectivity index is 2.75. The maximum Gasteiger partial charge on any atom is 0.241 e. The molecule has 3 amide bonds. The van der Waals surface area contributed by atoms with Crippen molar-refractivity contribution in [2.75, 3.05) is 6.61 Å². The fourth-order valence-electron chi connectivity index (χ4n) is 1.12. The summed E-state index contributed by atoms with van der Waals surface area (Å²) >= 11 is 0. The van der Waals surface area contributed by atoms with Crippen LogP contribution in [0.15, 0.2) is 0 Å². The van der Waals surface area contributed by atoms with Crippen LogP contribution in [0.25, 0.3) is 0 Å². The molecule has 1 unspecified atom stereocenters. The largest absolute Gasteiger partial charge is 0.396 e. The first kappa shape index (κ1) is 9.85. The molecule has 0 spiro atoms. The summed E-state index contributed by atoms with van der Waals surface area (Å²) in [4.78, 5) is 34.1. The maximum atomic E-state index is 11.3. The molecule has 1 atom stereocenters. The summed E-state index contributed by atoms with van der Waals surface area (Å²) < 4.78 is 0. The quantitative estimate of drug-likeness (QED) is 0.577. The van der Waals surface area contributed by atoms with Gasteiger partial charge in [-0.15, -0.1) is 0 Å². The molecule has 5 heteroatoms. The molecule has 0 aliphatic carbocycles. The lowest BCUT2D eigenvalue weighted by atomic mass is 10.2. The Morgan fingerprint density at radius 3 is 2.31 bits per heavy atom. The number of imide groups is 3. The SMILES string of the molecule is CC(CO)C(=O)N1C(=O)CCC1=O. The van der Waals surface area contributed by atoms with Gasteiger partial charge < -0.3 is 5.11 Å². The van der Waals surface area contributed by atoms with E-state index in [4.69, 9.17) is 5.11 Å². The zero-order chi connectivity index (χ0) is 10.0. The molecule has 0 bridgehead atoms. The van der Waals surface area contributed by atoms with Gasteiger partial charge in [0.15, 0.2) is 0 Å². The van der Waals surface area contributed by atoms with Crippen molar-refractivity contribution in [1.82, 2.24) is 4.90 Å². The first-order valence-electron chi connectivity index (χ1n) is 4.08. The summed E-state index contributed by atoms with van der Waals surface area (Å²) in [6.45, 7) is 1.12. The van der Waals surface area contributed by atoms with Gasteiger partial charge in [-0.3, -0.25) is 14.4 Å². The van der Waals surface area contributed by atoms with Crippen LogP contribution in [0.2, 0.25) is 0 Å². The standard InChI is InChI=1S/C8H11NO4/c1-5(4-10)8(13)9-6(11)2-3-7(9)12/h5,10H,2-4H2,1H3. The van der Waals surface area contributed by atoms with Crippen LogP contribution >= 0.6 is 0 Å². The molecule has 1 aliphatic rings. The van der Waals surface area contributed by atoms with Crippen molar-refractivity contribution in [3.63, 3.8) is 0 Å². The smallest absolute Gasteiger partial charge is 0.241 e. The van der Waals surface area contributed by atoms with Crippen LogP contribution in [0.4, 0.5) is 0 Å². The zero-order valence-corrected chi connectivity index (χ0v) is 7.32. The van der Waals surface area contributed by atoms with E-state index < -0.39 is 23.6 Å². The van der Waals surface area contributed by atoms with E-state index in [1.165, 1.54) is 6.92 Å². The Morgan fingerprint density at radius 2 is 1.92 bits per heavy atom. The molecule has 5 nitrogen and oxygen atoms in total. The number of aliphatic hydroxyl groups is 1. The van der Waals surface area contributed by atoms with Crippen molar-refractivity contribution in [2.45, 2.75) is 19.8 Å². The summed E-state index contributed by atoms with van der Waals surface area (Å²) in [6, 6.07) is 0. The molecular formula is C8H11NO4. The second-order valence-electron chi connectivity index (χ2n) is 3.04. The van der Waals surface area contributed by atoms with Crippen LogP contribution in [0.3, 0.4) is 0 Å². The highest BCUT2D eigenvalue weighted by molar-refractivity contribution is 6.15. The second kappa shape index (κ2) is 3.66. The fraction of sp³-hybridized carbons (Fsp3) is 0.625. The molecule has 1 saturated heterocycles. The first-order chi connectivity index (χ1) is 6.07. The summed E-state index contributed by atoms with van der Waals surface area (Å²) in [5, 5.41) is 8.67. The van der Waals surface area contributed by atoms with Crippen LogP contribution in [-0.2, 0) is 14.4 Å². The molecule has 1 fully saturated rings. The van der Waals surface area contributed by atoms with Crippen LogP contribution in [0.1, 0.15) is 19.8 Å². The Labute approximate surface area is 75.3 Å². The molecule has 0 aromatic rings. The van der Waals surface area contributed by atoms with Crippen molar-refractivity contribution in [3.8, 4) is 0 Å². The van der Waals surface area contributed by atoms with Gasteiger partial charge in [-0.25, -0.2) is 4.90 Å². The van der Waals surface area contributed by atoms with Crippen LogP contribution in [0.5, 0.6) is 0 Å². The lowest BCUT2D eigenvalue weighted by Gasteiger charge is -2.15. The zero-order valence-electron chi connectivity index (χ0n) is 7.32. The molecule has 0 saturated carbocycles. The van der Waals surface area contributed by atoms with Crippen LogP contribution in [-0.4, -0.2) is 34.3 Å². The van der Waals surface area contributed by atoms with E-state index in [2.05, 4.69) is 0 Å². The lowest BCUT2D eigenvalue weighted by molar-refractivity contribution is -0.151. The number of carbonyl (C=O) groups excluding carboxylic acids is 3. The minimum Gasteiger partial charge on any atom is -0.396 e. The minimum absolute atomic E-state index is 0.0999. The lowest BCUT2D eigenvalue weighted by Crippen LogP contribution is -2.40. The number of likely N-dealkylation sites (tertiary alicyclic amines) is 1. The van der Waals surface area contributed by atoms with Gasteiger partial charge in [-0.05, 0) is 0 Å². The molecule has 1 heterocycles. The highest BCUT2D eigenvalue weighted by Gasteiger charge is 2.36. The number of rotatable bonds is 2. The molecular weight excluding hydrogens is 174 g/mol. The van der Waals surface area contributed by atoms with Crippen molar-refractivity contribution in [1.29, 1.82) is 0 Å². The Morgan fingerprint density at radius 1 is 1.46 bits per heavy atom. The maximum absolute atomic E-state index is 11.3. The predicted molar refractivity (Wildman–Crippen MR) is 42.3 cm³/mol. The highest BCUT2D eigenvalue weighted by atomic mass is 16.3. The second-order valence-corrected chi connectivity index (χ2v) is 3.04. The van der Waals surface area contributed by atoms with Gasteiger partial charge in [-0.1, -0.05) is 6.92 Å². The molecule has 13 heavy (non-hydrogen) atoms. The summed E-state index contributed by atoms with van der Waals surface area (Å²) in [5.74, 6) is -2.22. The van der Waals surface area contributed by atoms with E-state index in [0.717, 1.165) is 0 Å². The van der Waals surface area contributed by atoms with Gasteiger partial charge in [0, 0.05) is 12.8 Å². The van der Waals surface area contributed by atoms with E-state index in [0.29, 0.717) is 4.90 Å². The average Bonchev–Trinajstić information content (AvgIpc) is 2.44. The molecule has 1 rings (SSSR count). The Kier molecular flexibility index (Phi) is 2.77. The van der Waals surface area contributed by atoms with Gasteiger partial charge in [0.05, 0.1) is 12.5 Å². The van der Waals surface area contributed by atoms with E-state index in [1.54, 1.807) is 0 Å². The molecule has 72 valence electrons. The number of carbonyl (C=O) groups is 3. The summed E-state index contributed by atoms with van der Waals surface area (Å²) in [5.41, 5.74) is 0. The third kappa shape index (κ3) is 1.75. The van der Waals surface area contributed by atoms with Crippen LogP contribution in [0, 0.1) is 5.92 Å².